The van der Waals surface area contributed by atoms with Gasteiger partial charge in [-0.15, -0.1) is 0 Å². The quantitative estimate of drug-likeness (QED) is 0.900. The number of benzene rings is 1. The van der Waals surface area contributed by atoms with Gasteiger partial charge in [0.15, 0.2) is 0 Å². The van der Waals surface area contributed by atoms with Crippen LogP contribution in [-0.2, 0) is 0 Å². The van der Waals surface area contributed by atoms with E-state index in [9.17, 15) is 13.6 Å². The molecule has 0 saturated carbocycles. The van der Waals surface area contributed by atoms with Crippen LogP contribution in [0.25, 0.3) is 0 Å². The first-order valence-corrected chi connectivity index (χ1v) is 6.16. The Kier molecular flexibility index (Phi) is 4.10. The van der Waals surface area contributed by atoms with Crippen LogP contribution >= 0.6 is 15.9 Å². The van der Waals surface area contributed by atoms with Gasteiger partial charge in [0.05, 0.1) is 16.7 Å². The Morgan fingerprint density at radius 1 is 1.50 bits per heavy atom. The van der Waals surface area contributed by atoms with Crippen LogP contribution in [0, 0.1) is 23.0 Å². The Labute approximate surface area is 120 Å². The summed E-state index contributed by atoms with van der Waals surface area (Å²) in [5, 5.41) is 17.4. The van der Waals surface area contributed by atoms with Gasteiger partial charge in [-0.3, -0.25) is 9.89 Å². The summed E-state index contributed by atoms with van der Waals surface area (Å²) in [5.41, 5.74) is -0.00865. The van der Waals surface area contributed by atoms with Crippen molar-refractivity contribution in [3.05, 3.63) is 51.8 Å². The number of carbonyl (C=O) groups excluding carboxylic acids is 1. The molecule has 1 aromatic carbocycles. The number of nitrogens with one attached hydrogen (secondary N) is 2. The molecule has 0 fully saturated rings. The number of hydrogen-bond acceptors (Lipinski definition) is 3. The maximum Gasteiger partial charge on any atom is 0.271 e. The Morgan fingerprint density at radius 3 is 2.80 bits per heavy atom. The number of nitrogens with zero attached hydrogens (tertiary/aromatic N) is 2. The van der Waals surface area contributed by atoms with Crippen LogP contribution in [-0.4, -0.2) is 16.1 Å². The van der Waals surface area contributed by atoms with E-state index in [4.69, 9.17) is 5.26 Å². The number of halogens is 3. The summed E-state index contributed by atoms with van der Waals surface area (Å²) >= 11 is 3.10. The molecule has 1 unspecified atom stereocenters. The van der Waals surface area contributed by atoms with Crippen molar-refractivity contribution >= 4 is 21.8 Å². The number of aromatic nitrogens is 2. The third-order valence-corrected chi connectivity index (χ3v) is 3.10. The molecular weight excluding hydrogens is 334 g/mol. The predicted octanol–water partition coefficient (Wildman–Crippen LogP) is 2.45. The fraction of sp³-hybridized carbons (Fsp3) is 0.0833. The summed E-state index contributed by atoms with van der Waals surface area (Å²) in [6.07, 6.45) is 1.37. The zero-order valence-electron chi connectivity index (χ0n) is 9.82. The Bertz CT molecular complexity index is 695. The van der Waals surface area contributed by atoms with E-state index in [2.05, 4.69) is 31.4 Å². The van der Waals surface area contributed by atoms with Crippen molar-refractivity contribution < 1.29 is 13.6 Å². The van der Waals surface area contributed by atoms with Gasteiger partial charge in [0, 0.05) is 11.6 Å². The van der Waals surface area contributed by atoms with Crippen LogP contribution in [0.3, 0.4) is 0 Å². The van der Waals surface area contributed by atoms with Crippen molar-refractivity contribution in [2.24, 2.45) is 0 Å². The zero-order valence-corrected chi connectivity index (χ0v) is 11.4. The van der Waals surface area contributed by atoms with Gasteiger partial charge in [-0.2, -0.15) is 10.4 Å². The molecule has 0 radical (unpaired) electrons. The second-order valence-electron chi connectivity index (χ2n) is 3.79. The lowest BCUT2D eigenvalue weighted by Gasteiger charge is -2.12. The van der Waals surface area contributed by atoms with Crippen molar-refractivity contribution in [3.8, 4) is 6.07 Å². The monoisotopic (exact) mass is 340 g/mol. The molecule has 1 atom stereocenters. The molecule has 0 aliphatic carbocycles. The average molecular weight is 341 g/mol. The molecule has 20 heavy (non-hydrogen) atoms. The zero-order chi connectivity index (χ0) is 14.7. The molecule has 8 heteroatoms. The molecule has 0 bridgehead atoms. The van der Waals surface area contributed by atoms with Gasteiger partial charge >= 0.3 is 0 Å². The lowest BCUT2D eigenvalue weighted by atomic mass is 10.1. The van der Waals surface area contributed by atoms with Crippen LogP contribution in [0.5, 0.6) is 0 Å². The van der Waals surface area contributed by atoms with Gasteiger partial charge in [-0.05, 0) is 22.0 Å². The molecule has 5 nitrogen and oxygen atoms in total. The van der Waals surface area contributed by atoms with Crippen molar-refractivity contribution in [3.63, 3.8) is 0 Å². The SMILES string of the molecule is N#CC(NC(=O)c1[nH]ncc1Br)c1ccc(F)cc1F. The average Bonchev–Trinajstić information content (AvgIpc) is 2.83. The van der Waals surface area contributed by atoms with E-state index in [1.165, 1.54) is 6.20 Å². The maximum atomic E-state index is 13.6. The van der Waals surface area contributed by atoms with Crippen molar-refractivity contribution in [1.82, 2.24) is 15.5 Å². The maximum absolute atomic E-state index is 13.6. The molecule has 2 aromatic rings. The minimum atomic E-state index is -1.24. The summed E-state index contributed by atoms with van der Waals surface area (Å²) in [4.78, 5) is 11.9. The Morgan fingerprint density at radius 2 is 2.25 bits per heavy atom. The third-order valence-electron chi connectivity index (χ3n) is 2.50. The van der Waals surface area contributed by atoms with Gasteiger partial charge in [-0.25, -0.2) is 8.78 Å². The largest absolute Gasteiger partial charge is 0.331 e. The van der Waals surface area contributed by atoms with E-state index in [1.807, 2.05) is 0 Å². The highest BCUT2D eigenvalue weighted by atomic mass is 79.9. The fourth-order valence-corrected chi connectivity index (χ4v) is 1.92. The summed E-state index contributed by atoms with van der Waals surface area (Å²) in [5.74, 6) is -2.30. The Hall–Kier alpha value is -2.27. The minimum absolute atomic E-state index is 0.104. The van der Waals surface area contributed by atoms with E-state index >= 15 is 0 Å². The minimum Gasteiger partial charge on any atom is -0.331 e. The van der Waals surface area contributed by atoms with Crippen molar-refractivity contribution in [1.29, 1.82) is 5.26 Å². The predicted molar refractivity (Wildman–Crippen MR) is 68.5 cm³/mol. The van der Waals surface area contributed by atoms with E-state index < -0.39 is 23.6 Å². The Balaban J connectivity index is 2.24. The van der Waals surface area contributed by atoms with Crippen LogP contribution in [0.1, 0.15) is 22.1 Å². The fourth-order valence-electron chi connectivity index (χ4n) is 1.55. The summed E-state index contributed by atoms with van der Waals surface area (Å²) in [6.45, 7) is 0. The first-order chi connectivity index (χ1) is 9.52. The van der Waals surface area contributed by atoms with Crippen LogP contribution in [0.4, 0.5) is 8.78 Å². The van der Waals surface area contributed by atoms with E-state index in [0.29, 0.717) is 10.5 Å². The molecule has 2 rings (SSSR count). The van der Waals surface area contributed by atoms with Crippen molar-refractivity contribution in [2.75, 3.05) is 0 Å². The number of H-pyrrole nitrogens is 1. The van der Waals surface area contributed by atoms with Crippen LogP contribution < -0.4 is 5.32 Å². The second-order valence-corrected chi connectivity index (χ2v) is 4.65. The first-order valence-electron chi connectivity index (χ1n) is 5.37. The standard InChI is InChI=1S/C12H7BrF2N4O/c13-8-5-17-19-11(8)12(20)18-10(4-16)7-2-1-6(14)3-9(7)15/h1-3,5,10H,(H,17,19)(H,18,20). The molecule has 2 N–H and O–H groups in total. The molecule has 1 heterocycles. The molecule has 1 aromatic heterocycles. The van der Waals surface area contributed by atoms with Crippen molar-refractivity contribution in [2.45, 2.75) is 6.04 Å². The number of rotatable bonds is 3. The topological polar surface area (TPSA) is 81.6 Å². The lowest BCUT2D eigenvalue weighted by molar-refractivity contribution is 0.0939. The van der Waals surface area contributed by atoms with E-state index in [-0.39, 0.29) is 11.3 Å². The first kappa shape index (κ1) is 14.1. The molecule has 0 spiro atoms. The van der Waals surface area contributed by atoms with Gasteiger partial charge in [0.2, 0.25) is 0 Å². The number of amides is 1. The molecule has 102 valence electrons. The summed E-state index contributed by atoms with van der Waals surface area (Å²) in [6, 6.07) is 3.29. The summed E-state index contributed by atoms with van der Waals surface area (Å²) in [7, 11) is 0. The molecule has 0 saturated heterocycles. The highest BCUT2D eigenvalue weighted by molar-refractivity contribution is 9.10. The van der Waals surface area contributed by atoms with Gasteiger partial charge in [0.1, 0.15) is 23.4 Å². The molecule has 1 amide bonds. The van der Waals surface area contributed by atoms with Gasteiger partial charge in [-0.1, -0.05) is 6.07 Å². The summed E-state index contributed by atoms with van der Waals surface area (Å²) < 4.78 is 26.8. The third kappa shape index (κ3) is 2.83. The number of carbonyl (C=O) groups is 1. The number of aromatic amines is 1. The normalized spacial score (nSPS) is 11.7. The van der Waals surface area contributed by atoms with E-state index in [1.54, 1.807) is 6.07 Å². The highest BCUT2D eigenvalue weighted by Crippen LogP contribution is 2.19. The molecule has 0 aliphatic heterocycles. The second kappa shape index (κ2) is 5.79. The smallest absolute Gasteiger partial charge is 0.271 e. The molecule has 0 aliphatic rings. The van der Waals surface area contributed by atoms with Crippen LogP contribution in [0.15, 0.2) is 28.9 Å². The highest BCUT2D eigenvalue weighted by Gasteiger charge is 2.21. The number of hydrogen-bond donors (Lipinski definition) is 2. The number of nitriles is 1. The van der Waals surface area contributed by atoms with Gasteiger partial charge in [0.25, 0.3) is 5.91 Å². The molecular formula is C12H7BrF2N4O. The lowest BCUT2D eigenvalue weighted by Crippen LogP contribution is -2.28. The van der Waals surface area contributed by atoms with Crippen LogP contribution in [0.2, 0.25) is 0 Å². The van der Waals surface area contributed by atoms with E-state index in [0.717, 1.165) is 12.1 Å². The van der Waals surface area contributed by atoms with Gasteiger partial charge < -0.3 is 5.32 Å².